The van der Waals surface area contributed by atoms with Crippen molar-refractivity contribution in [3.8, 4) is 0 Å². The van der Waals surface area contributed by atoms with E-state index in [1.54, 1.807) is 6.07 Å². The van der Waals surface area contributed by atoms with Gasteiger partial charge in [-0.2, -0.15) is 5.10 Å². The van der Waals surface area contributed by atoms with Crippen LogP contribution in [-0.2, 0) is 6.54 Å². The molecule has 0 fully saturated rings. The van der Waals surface area contributed by atoms with Crippen LogP contribution in [0.15, 0.2) is 12.1 Å². The molecule has 15 heavy (non-hydrogen) atoms. The van der Waals surface area contributed by atoms with Crippen LogP contribution in [0.4, 0.5) is 5.82 Å². The highest BCUT2D eigenvalue weighted by molar-refractivity contribution is 5.25. The average molecular weight is 208 g/mol. The van der Waals surface area contributed by atoms with E-state index in [-0.39, 0.29) is 0 Å². The number of rotatable bonds is 5. The molecule has 2 N–H and O–H groups in total. The summed E-state index contributed by atoms with van der Waals surface area (Å²) in [4.78, 5) is 2.26. The van der Waals surface area contributed by atoms with E-state index >= 15 is 0 Å². The maximum Gasteiger partial charge on any atom is 0.146 e. The molecule has 0 spiro atoms. The minimum Gasteiger partial charge on any atom is -0.382 e. The molecule has 4 nitrogen and oxygen atoms in total. The van der Waals surface area contributed by atoms with Gasteiger partial charge in [-0.1, -0.05) is 20.3 Å². The molecule has 0 aliphatic carbocycles. The zero-order chi connectivity index (χ0) is 11.3. The average Bonchev–Trinajstić information content (AvgIpc) is 2.21. The van der Waals surface area contributed by atoms with Gasteiger partial charge in [0.05, 0.1) is 5.69 Å². The van der Waals surface area contributed by atoms with Gasteiger partial charge in [0, 0.05) is 13.1 Å². The summed E-state index contributed by atoms with van der Waals surface area (Å²) in [6.45, 7) is 6.38. The molecule has 0 saturated carbocycles. The lowest BCUT2D eigenvalue weighted by atomic mass is 10.1. The Morgan fingerprint density at radius 1 is 1.40 bits per heavy atom. The van der Waals surface area contributed by atoms with Crippen molar-refractivity contribution in [2.45, 2.75) is 26.8 Å². The van der Waals surface area contributed by atoms with Gasteiger partial charge in [0.15, 0.2) is 0 Å². The Morgan fingerprint density at radius 2 is 2.13 bits per heavy atom. The van der Waals surface area contributed by atoms with Crippen molar-refractivity contribution in [3.05, 3.63) is 17.8 Å². The van der Waals surface area contributed by atoms with Crippen LogP contribution in [0.3, 0.4) is 0 Å². The first kappa shape index (κ1) is 11.9. The van der Waals surface area contributed by atoms with Crippen LogP contribution >= 0.6 is 0 Å². The van der Waals surface area contributed by atoms with E-state index in [4.69, 9.17) is 5.73 Å². The number of anilines is 1. The quantitative estimate of drug-likeness (QED) is 0.797. The SMILES string of the molecule is CCC(C)CN(C)Cc1ccc(N)nn1. The molecule has 1 rings (SSSR count). The van der Waals surface area contributed by atoms with Crippen molar-refractivity contribution < 1.29 is 0 Å². The van der Waals surface area contributed by atoms with Crippen LogP contribution in [-0.4, -0.2) is 28.7 Å². The van der Waals surface area contributed by atoms with Crippen LogP contribution in [0, 0.1) is 5.92 Å². The normalized spacial score (nSPS) is 13.1. The van der Waals surface area contributed by atoms with Crippen LogP contribution in [0.5, 0.6) is 0 Å². The predicted molar refractivity (Wildman–Crippen MR) is 62.2 cm³/mol. The topological polar surface area (TPSA) is 55.0 Å². The van der Waals surface area contributed by atoms with E-state index in [2.05, 4.69) is 36.0 Å². The Hall–Kier alpha value is -1.16. The van der Waals surface area contributed by atoms with E-state index in [0.29, 0.717) is 5.82 Å². The van der Waals surface area contributed by atoms with Gasteiger partial charge >= 0.3 is 0 Å². The number of nitrogens with zero attached hydrogens (tertiary/aromatic N) is 3. The molecule has 0 aromatic carbocycles. The van der Waals surface area contributed by atoms with Gasteiger partial charge in [-0.3, -0.25) is 0 Å². The fourth-order valence-electron chi connectivity index (χ4n) is 1.46. The third kappa shape index (κ3) is 4.25. The van der Waals surface area contributed by atoms with Gasteiger partial charge < -0.3 is 10.6 Å². The molecule has 0 saturated heterocycles. The summed E-state index contributed by atoms with van der Waals surface area (Å²) >= 11 is 0. The number of nitrogen functional groups attached to an aromatic ring is 1. The van der Waals surface area contributed by atoms with Crippen molar-refractivity contribution >= 4 is 5.82 Å². The van der Waals surface area contributed by atoms with Crippen molar-refractivity contribution in [1.82, 2.24) is 15.1 Å². The summed E-state index contributed by atoms with van der Waals surface area (Å²) in [7, 11) is 2.10. The zero-order valence-corrected chi connectivity index (χ0v) is 9.77. The molecule has 0 radical (unpaired) electrons. The molecule has 0 amide bonds. The summed E-state index contributed by atoms with van der Waals surface area (Å²) in [6, 6.07) is 3.72. The Balaban J connectivity index is 2.44. The number of hydrogen-bond donors (Lipinski definition) is 1. The van der Waals surface area contributed by atoms with Crippen LogP contribution in [0.1, 0.15) is 26.0 Å². The Labute approximate surface area is 91.5 Å². The third-order valence-electron chi connectivity index (χ3n) is 2.49. The lowest BCUT2D eigenvalue weighted by molar-refractivity contribution is 0.271. The maximum absolute atomic E-state index is 5.47. The molecule has 0 aliphatic heterocycles. The number of aromatic nitrogens is 2. The molecule has 4 heteroatoms. The van der Waals surface area contributed by atoms with Gasteiger partial charge in [0.25, 0.3) is 0 Å². The second kappa shape index (κ2) is 5.66. The van der Waals surface area contributed by atoms with Gasteiger partial charge in [-0.15, -0.1) is 5.10 Å². The summed E-state index contributed by atoms with van der Waals surface area (Å²) in [6.07, 6.45) is 1.21. The van der Waals surface area contributed by atoms with Gasteiger partial charge in [0.2, 0.25) is 0 Å². The molecule has 1 heterocycles. The van der Waals surface area contributed by atoms with Gasteiger partial charge in [0.1, 0.15) is 5.82 Å². The highest BCUT2D eigenvalue weighted by Gasteiger charge is 2.05. The second-order valence-corrected chi connectivity index (χ2v) is 4.16. The largest absolute Gasteiger partial charge is 0.382 e. The van der Waals surface area contributed by atoms with E-state index in [1.807, 2.05) is 6.07 Å². The van der Waals surface area contributed by atoms with Crippen LogP contribution in [0.25, 0.3) is 0 Å². The van der Waals surface area contributed by atoms with E-state index in [1.165, 1.54) is 6.42 Å². The van der Waals surface area contributed by atoms with E-state index in [9.17, 15) is 0 Å². The molecule has 84 valence electrons. The molecule has 1 aromatic rings. The van der Waals surface area contributed by atoms with Gasteiger partial charge in [-0.25, -0.2) is 0 Å². The van der Waals surface area contributed by atoms with Crippen molar-refractivity contribution in [1.29, 1.82) is 0 Å². The minimum atomic E-state index is 0.475. The molecule has 1 unspecified atom stereocenters. The van der Waals surface area contributed by atoms with E-state index in [0.717, 1.165) is 24.7 Å². The standard InChI is InChI=1S/C11H20N4/c1-4-9(2)7-15(3)8-10-5-6-11(12)14-13-10/h5-6,9H,4,7-8H2,1-3H3,(H2,12,14). The summed E-state index contributed by atoms with van der Waals surface area (Å²) in [5.74, 6) is 1.19. The molecule has 0 aliphatic rings. The second-order valence-electron chi connectivity index (χ2n) is 4.16. The highest BCUT2D eigenvalue weighted by Crippen LogP contribution is 2.06. The lowest BCUT2D eigenvalue weighted by Gasteiger charge is -2.19. The van der Waals surface area contributed by atoms with Crippen LogP contribution < -0.4 is 5.73 Å². The zero-order valence-electron chi connectivity index (χ0n) is 9.77. The fourth-order valence-corrected chi connectivity index (χ4v) is 1.46. The molecule has 0 bridgehead atoms. The predicted octanol–water partition coefficient (Wildman–Crippen LogP) is 1.54. The lowest BCUT2D eigenvalue weighted by Crippen LogP contribution is -2.24. The Bertz CT molecular complexity index is 283. The summed E-state index contributed by atoms with van der Waals surface area (Å²) in [5, 5.41) is 7.87. The first-order valence-corrected chi connectivity index (χ1v) is 5.38. The summed E-state index contributed by atoms with van der Waals surface area (Å²) in [5.41, 5.74) is 6.44. The van der Waals surface area contributed by atoms with E-state index < -0.39 is 0 Å². The molecular weight excluding hydrogens is 188 g/mol. The first-order valence-electron chi connectivity index (χ1n) is 5.38. The third-order valence-corrected chi connectivity index (χ3v) is 2.49. The fraction of sp³-hybridized carbons (Fsp3) is 0.636. The smallest absolute Gasteiger partial charge is 0.146 e. The van der Waals surface area contributed by atoms with Crippen molar-refractivity contribution in [2.24, 2.45) is 5.92 Å². The number of hydrogen-bond acceptors (Lipinski definition) is 4. The maximum atomic E-state index is 5.47. The molecular formula is C11H20N4. The first-order chi connectivity index (χ1) is 7.11. The molecule has 1 atom stereocenters. The Morgan fingerprint density at radius 3 is 2.67 bits per heavy atom. The van der Waals surface area contributed by atoms with Gasteiger partial charge in [-0.05, 0) is 25.1 Å². The highest BCUT2D eigenvalue weighted by atomic mass is 15.2. The number of nitrogens with two attached hydrogens (primary N) is 1. The van der Waals surface area contributed by atoms with Crippen LogP contribution in [0.2, 0.25) is 0 Å². The summed E-state index contributed by atoms with van der Waals surface area (Å²) < 4.78 is 0. The van der Waals surface area contributed by atoms with Crippen molar-refractivity contribution in [2.75, 3.05) is 19.3 Å². The van der Waals surface area contributed by atoms with Crippen molar-refractivity contribution in [3.63, 3.8) is 0 Å². The molecule has 1 aromatic heterocycles. The minimum absolute atomic E-state index is 0.475. The Kier molecular flexibility index (Phi) is 4.49. The monoisotopic (exact) mass is 208 g/mol.